The van der Waals surface area contributed by atoms with E-state index in [-0.39, 0.29) is 17.9 Å². The number of amides is 1. The van der Waals surface area contributed by atoms with E-state index in [0.717, 1.165) is 24.8 Å². The van der Waals surface area contributed by atoms with Crippen molar-refractivity contribution in [3.8, 4) is 0 Å². The quantitative estimate of drug-likeness (QED) is 0.943. The molecule has 24 heavy (non-hydrogen) atoms. The average Bonchev–Trinajstić information content (AvgIpc) is 3.28. The number of likely N-dealkylation sites (tertiary alicyclic amines) is 1. The van der Waals surface area contributed by atoms with Gasteiger partial charge >= 0.3 is 0 Å². The molecule has 1 saturated carbocycles. The molecule has 2 aliphatic rings. The molecule has 2 heterocycles. The summed E-state index contributed by atoms with van der Waals surface area (Å²) in [4.78, 5) is 26.9. The molecule has 1 unspecified atom stereocenters. The summed E-state index contributed by atoms with van der Waals surface area (Å²) in [6.07, 6.45) is 7.62. The molecular weight excluding hydrogens is 302 g/mol. The van der Waals surface area contributed by atoms with Gasteiger partial charge in [-0.25, -0.2) is 5.10 Å². The monoisotopic (exact) mass is 325 g/mol. The van der Waals surface area contributed by atoms with Gasteiger partial charge in [0, 0.05) is 18.0 Å². The zero-order chi connectivity index (χ0) is 16.5. The Hall–Kier alpha value is -2.17. The highest BCUT2D eigenvalue weighted by molar-refractivity contribution is 5.88. The molecule has 5 nitrogen and oxygen atoms in total. The van der Waals surface area contributed by atoms with E-state index in [1.165, 1.54) is 25.7 Å². The number of hydrogen-bond acceptors (Lipinski definition) is 3. The van der Waals surface area contributed by atoms with E-state index in [9.17, 15) is 9.59 Å². The molecule has 1 aromatic heterocycles. The van der Waals surface area contributed by atoms with Crippen LogP contribution in [0.1, 0.15) is 44.2 Å². The molecule has 1 aliphatic carbocycles. The Balaban J connectivity index is 1.58. The second-order valence-electron chi connectivity index (χ2n) is 7.06. The third-order valence-corrected chi connectivity index (χ3v) is 5.66. The van der Waals surface area contributed by atoms with Crippen LogP contribution in [0.15, 0.2) is 29.1 Å². The Labute approximate surface area is 141 Å². The third kappa shape index (κ3) is 2.72. The minimum absolute atomic E-state index is 0.147. The van der Waals surface area contributed by atoms with Gasteiger partial charge < -0.3 is 4.90 Å². The smallest absolute Gasteiger partial charge is 0.272 e. The van der Waals surface area contributed by atoms with Crippen LogP contribution in [-0.4, -0.2) is 33.6 Å². The van der Waals surface area contributed by atoms with Crippen molar-refractivity contribution >= 4 is 16.7 Å². The maximum Gasteiger partial charge on any atom is 0.272 e. The first-order valence-electron chi connectivity index (χ1n) is 9.00. The van der Waals surface area contributed by atoms with Crippen molar-refractivity contribution in [3.05, 3.63) is 40.3 Å². The van der Waals surface area contributed by atoms with E-state index < -0.39 is 0 Å². The first-order valence-corrected chi connectivity index (χ1v) is 9.00. The lowest BCUT2D eigenvalue weighted by atomic mass is 9.95. The molecule has 1 atom stereocenters. The van der Waals surface area contributed by atoms with Gasteiger partial charge in [0.1, 0.15) is 0 Å². The number of carbonyl (C=O) groups is 1. The number of benzene rings is 1. The number of hydrogen-bond donors (Lipinski definition) is 1. The van der Waals surface area contributed by atoms with E-state index in [0.29, 0.717) is 23.0 Å². The molecule has 4 rings (SSSR count). The second kappa shape index (κ2) is 6.38. The molecule has 1 amide bonds. The van der Waals surface area contributed by atoms with Crippen LogP contribution in [0.5, 0.6) is 0 Å². The zero-order valence-corrected chi connectivity index (χ0v) is 13.8. The number of nitrogens with zero attached hydrogens (tertiary/aromatic N) is 2. The molecule has 0 spiro atoms. The number of nitrogens with one attached hydrogen (secondary N) is 1. The van der Waals surface area contributed by atoms with E-state index in [4.69, 9.17) is 0 Å². The van der Waals surface area contributed by atoms with Gasteiger partial charge in [-0.2, -0.15) is 5.10 Å². The van der Waals surface area contributed by atoms with Crippen LogP contribution in [0, 0.1) is 5.92 Å². The maximum absolute atomic E-state index is 12.9. The molecule has 0 bridgehead atoms. The molecule has 126 valence electrons. The Kier molecular flexibility index (Phi) is 4.08. The van der Waals surface area contributed by atoms with Crippen molar-refractivity contribution in [1.82, 2.24) is 15.1 Å². The summed E-state index contributed by atoms with van der Waals surface area (Å²) in [5.41, 5.74) is 0.471. The van der Waals surface area contributed by atoms with E-state index in [1.54, 1.807) is 6.07 Å². The largest absolute Gasteiger partial charge is 0.339 e. The summed E-state index contributed by atoms with van der Waals surface area (Å²) < 4.78 is 0. The fraction of sp³-hybridized carbons (Fsp3) is 0.526. The van der Waals surface area contributed by atoms with Crippen LogP contribution >= 0.6 is 0 Å². The molecule has 1 aliphatic heterocycles. The van der Waals surface area contributed by atoms with Gasteiger partial charge in [-0.15, -0.1) is 0 Å². The number of carbonyl (C=O) groups excluding carboxylic acids is 1. The number of aromatic amines is 1. The van der Waals surface area contributed by atoms with Gasteiger partial charge in [-0.1, -0.05) is 31.0 Å². The first-order chi connectivity index (χ1) is 11.7. The van der Waals surface area contributed by atoms with Crippen LogP contribution in [0.25, 0.3) is 10.8 Å². The lowest BCUT2D eigenvalue weighted by Crippen LogP contribution is -2.40. The Morgan fingerprint density at radius 3 is 2.67 bits per heavy atom. The summed E-state index contributed by atoms with van der Waals surface area (Å²) in [7, 11) is 0. The highest BCUT2D eigenvalue weighted by Crippen LogP contribution is 2.35. The number of aromatic nitrogens is 2. The summed E-state index contributed by atoms with van der Waals surface area (Å²) in [5.74, 6) is 0.825. The molecular formula is C19H23N3O2. The lowest BCUT2D eigenvalue weighted by molar-refractivity contribution is -0.132. The maximum atomic E-state index is 12.9. The van der Waals surface area contributed by atoms with Gasteiger partial charge in [-0.3, -0.25) is 9.59 Å². The van der Waals surface area contributed by atoms with Gasteiger partial charge in [0.15, 0.2) is 0 Å². The van der Waals surface area contributed by atoms with Gasteiger partial charge in [-0.05, 0) is 37.7 Å². The Morgan fingerprint density at radius 1 is 1.12 bits per heavy atom. The van der Waals surface area contributed by atoms with Crippen molar-refractivity contribution in [2.24, 2.45) is 5.92 Å². The minimum Gasteiger partial charge on any atom is -0.339 e. The number of rotatable bonds is 3. The van der Waals surface area contributed by atoms with Crippen LogP contribution in [0.4, 0.5) is 0 Å². The fourth-order valence-electron chi connectivity index (χ4n) is 4.49. The second-order valence-corrected chi connectivity index (χ2v) is 7.06. The van der Waals surface area contributed by atoms with Crippen LogP contribution in [-0.2, 0) is 11.2 Å². The van der Waals surface area contributed by atoms with E-state index >= 15 is 0 Å². The van der Waals surface area contributed by atoms with Crippen molar-refractivity contribution in [3.63, 3.8) is 0 Å². The SMILES string of the molecule is O=C(Cc1n[nH]c(=O)c2ccccc12)N1CCCC1C1CCCC1. The number of fused-ring (bicyclic) bond motifs is 1. The molecule has 2 aromatic rings. The van der Waals surface area contributed by atoms with Gasteiger partial charge in [0.05, 0.1) is 17.5 Å². The summed E-state index contributed by atoms with van der Waals surface area (Å²) in [6, 6.07) is 7.78. The van der Waals surface area contributed by atoms with Crippen molar-refractivity contribution in [2.45, 2.75) is 51.0 Å². The van der Waals surface area contributed by atoms with Crippen LogP contribution in [0.3, 0.4) is 0 Å². The molecule has 2 fully saturated rings. The van der Waals surface area contributed by atoms with Crippen LogP contribution in [0.2, 0.25) is 0 Å². The topological polar surface area (TPSA) is 66.1 Å². The van der Waals surface area contributed by atoms with E-state index in [2.05, 4.69) is 15.1 Å². The van der Waals surface area contributed by atoms with Crippen molar-refractivity contribution in [2.75, 3.05) is 6.54 Å². The average molecular weight is 325 g/mol. The molecule has 1 N–H and O–H groups in total. The number of H-pyrrole nitrogens is 1. The molecule has 1 saturated heterocycles. The Morgan fingerprint density at radius 2 is 1.88 bits per heavy atom. The van der Waals surface area contributed by atoms with E-state index in [1.807, 2.05) is 18.2 Å². The predicted octanol–water partition coefficient (Wildman–Crippen LogP) is 2.65. The highest BCUT2D eigenvalue weighted by Gasteiger charge is 2.35. The summed E-state index contributed by atoms with van der Waals surface area (Å²) >= 11 is 0. The minimum atomic E-state index is -0.202. The summed E-state index contributed by atoms with van der Waals surface area (Å²) in [6.45, 7) is 0.862. The van der Waals surface area contributed by atoms with Gasteiger partial charge in [0.25, 0.3) is 5.56 Å². The normalized spacial score (nSPS) is 21.7. The Bertz CT molecular complexity index is 808. The third-order valence-electron chi connectivity index (χ3n) is 5.66. The summed E-state index contributed by atoms with van der Waals surface area (Å²) in [5, 5.41) is 8.07. The zero-order valence-electron chi connectivity index (χ0n) is 13.8. The van der Waals surface area contributed by atoms with Crippen molar-refractivity contribution < 1.29 is 4.79 Å². The standard InChI is InChI=1S/C19H23N3O2/c23-18(22-11-5-10-17(22)13-6-1-2-7-13)12-16-14-8-3-4-9-15(14)19(24)21-20-16/h3-4,8-9,13,17H,1-2,5-7,10-12H2,(H,21,24). The fourth-order valence-corrected chi connectivity index (χ4v) is 4.49. The molecule has 5 heteroatoms. The molecule has 0 radical (unpaired) electrons. The first kappa shape index (κ1) is 15.4. The van der Waals surface area contributed by atoms with Gasteiger partial charge in [0.2, 0.25) is 5.91 Å². The highest BCUT2D eigenvalue weighted by atomic mass is 16.2. The predicted molar refractivity (Wildman–Crippen MR) is 92.8 cm³/mol. The molecule has 1 aromatic carbocycles. The lowest BCUT2D eigenvalue weighted by Gasteiger charge is -2.29. The van der Waals surface area contributed by atoms with Crippen LogP contribution < -0.4 is 5.56 Å². The van der Waals surface area contributed by atoms with Crippen molar-refractivity contribution in [1.29, 1.82) is 0 Å².